The van der Waals surface area contributed by atoms with Gasteiger partial charge in [-0.1, -0.05) is 0 Å². The van der Waals surface area contributed by atoms with Crippen LogP contribution >= 0.6 is 38.5 Å². The standard InChI is InChI=1S/C9H7BrFIO2/c1-2-14-9(13)5-3-4-6(10)8(12)7(5)11/h3-4H,2H2,1H3. The van der Waals surface area contributed by atoms with E-state index in [0.717, 1.165) is 0 Å². The smallest absolute Gasteiger partial charge is 0.341 e. The van der Waals surface area contributed by atoms with Gasteiger partial charge in [0.05, 0.1) is 15.7 Å². The zero-order valence-electron chi connectivity index (χ0n) is 7.31. The predicted octanol–water partition coefficient (Wildman–Crippen LogP) is 3.37. The number of carbonyl (C=O) groups excluding carboxylic acids is 1. The van der Waals surface area contributed by atoms with Crippen molar-refractivity contribution in [3.05, 3.63) is 31.6 Å². The van der Waals surface area contributed by atoms with Gasteiger partial charge in [-0.25, -0.2) is 9.18 Å². The number of benzene rings is 1. The molecule has 0 atom stereocenters. The van der Waals surface area contributed by atoms with Crippen LogP contribution in [-0.4, -0.2) is 12.6 Å². The summed E-state index contributed by atoms with van der Waals surface area (Å²) in [5.41, 5.74) is -0.0283. The van der Waals surface area contributed by atoms with E-state index in [1.54, 1.807) is 13.0 Å². The Morgan fingerprint density at radius 3 is 2.86 bits per heavy atom. The van der Waals surface area contributed by atoms with Crippen LogP contribution in [0.3, 0.4) is 0 Å². The summed E-state index contributed by atoms with van der Waals surface area (Å²) in [5.74, 6) is -1.17. The topological polar surface area (TPSA) is 26.3 Å². The van der Waals surface area contributed by atoms with Gasteiger partial charge in [-0.3, -0.25) is 0 Å². The Morgan fingerprint density at radius 1 is 1.64 bits per heavy atom. The summed E-state index contributed by atoms with van der Waals surface area (Å²) in [7, 11) is 0. The van der Waals surface area contributed by atoms with E-state index >= 15 is 0 Å². The average Bonchev–Trinajstić information content (AvgIpc) is 2.15. The summed E-state index contributed by atoms with van der Waals surface area (Å²) < 4.78 is 19.2. The van der Waals surface area contributed by atoms with Crippen LogP contribution in [0.25, 0.3) is 0 Å². The highest BCUT2D eigenvalue weighted by Crippen LogP contribution is 2.24. The first-order valence-electron chi connectivity index (χ1n) is 3.88. The molecule has 0 fully saturated rings. The number of ether oxygens (including phenoxy) is 1. The largest absolute Gasteiger partial charge is 0.462 e. The first kappa shape index (κ1) is 11.9. The Labute approximate surface area is 103 Å². The quantitative estimate of drug-likeness (QED) is 0.452. The molecule has 76 valence electrons. The molecule has 0 aliphatic carbocycles. The van der Waals surface area contributed by atoms with Crippen molar-refractivity contribution in [1.29, 1.82) is 0 Å². The van der Waals surface area contributed by atoms with Gasteiger partial charge in [0, 0.05) is 4.47 Å². The van der Waals surface area contributed by atoms with Crippen molar-refractivity contribution in [3.8, 4) is 0 Å². The summed E-state index contributed by atoms with van der Waals surface area (Å²) in [6, 6.07) is 3.02. The van der Waals surface area contributed by atoms with Crippen LogP contribution in [0.1, 0.15) is 17.3 Å². The lowest BCUT2D eigenvalue weighted by atomic mass is 10.2. The molecule has 0 amide bonds. The molecular weight excluding hydrogens is 366 g/mol. The van der Waals surface area contributed by atoms with Crippen LogP contribution < -0.4 is 0 Å². The van der Waals surface area contributed by atoms with E-state index in [0.29, 0.717) is 8.04 Å². The third kappa shape index (κ3) is 2.44. The number of hydrogen-bond donors (Lipinski definition) is 0. The monoisotopic (exact) mass is 372 g/mol. The minimum absolute atomic E-state index is 0.0283. The van der Waals surface area contributed by atoms with E-state index < -0.39 is 11.8 Å². The molecule has 0 aromatic heterocycles. The Bertz CT molecular complexity index is 368. The molecule has 0 aliphatic heterocycles. The second-order valence-electron chi connectivity index (χ2n) is 2.44. The van der Waals surface area contributed by atoms with E-state index in [-0.39, 0.29) is 12.2 Å². The van der Waals surface area contributed by atoms with Crippen LogP contribution in [0.4, 0.5) is 4.39 Å². The van der Waals surface area contributed by atoms with Gasteiger partial charge in [-0.15, -0.1) is 0 Å². The van der Waals surface area contributed by atoms with Crippen LogP contribution in [-0.2, 0) is 4.74 Å². The van der Waals surface area contributed by atoms with Gasteiger partial charge >= 0.3 is 5.97 Å². The fourth-order valence-electron chi connectivity index (χ4n) is 0.892. The fraction of sp³-hybridized carbons (Fsp3) is 0.222. The third-order valence-electron chi connectivity index (χ3n) is 1.53. The van der Waals surface area contributed by atoms with Crippen LogP contribution in [0.15, 0.2) is 16.6 Å². The summed E-state index contributed by atoms with van der Waals surface area (Å²) in [6.07, 6.45) is 0. The second-order valence-corrected chi connectivity index (χ2v) is 4.38. The minimum Gasteiger partial charge on any atom is -0.462 e. The molecule has 2 nitrogen and oxygen atoms in total. The van der Waals surface area contributed by atoms with Gasteiger partial charge in [-0.2, -0.15) is 0 Å². The van der Waals surface area contributed by atoms with Crippen molar-refractivity contribution in [2.24, 2.45) is 0 Å². The van der Waals surface area contributed by atoms with Gasteiger partial charge in [0.25, 0.3) is 0 Å². The number of rotatable bonds is 2. The second kappa shape index (κ2) is 5.06. The number of halogens is 3. The normalized spacial score (nSPS) is 10.0. The van der Waals surface area contributed by atoms with Crippen molar-refractivity contribution in [2.45, 2.75) is 6.92 Å². The molecule has 0 saturated heterocycles. The Balaban J connectivity index is 3.11. The first-order chi connectivity index (χ1) is 6.57. The molecule has 0 aliphatic rings. The molecule has 0 bridgehead atoms. The lowest BCUT2D eigenvalue weighted by Gasteiger charge is -2.05. The maximum Gasteiger partial charge on any atom is 0.341 e. The van der Waals surface area contributed by atoms with Crippen LogP contribution in [0.5, 0.6) is 0 Å². The van der Waals surface area contributed by atoms with E-state index in [9.17, 15) is 9.18 Å². The molecule has 0 unspecified atom stereocenters. The highest BCUT2D eigenvalue weighted by Gasteiger charge is 2.16. The molecule has 5 heteroatoms. The average molecular weight is 373 g/mol. The van der Waals surface area contributed by atoms with Gasteiger partial charge in [-0.05, 0) is 57.6 Å². The van der Waals surface area contributed by atoms with E-state index in [1.807, 2.05) is 22.6 Å². The fourth-order valence-corrected chi connectivity index (χ4v) is 1.67. The molecule has 1 aromatic rings. The number of esters is 1. The van der Waals surface area contributed by atoms with Gasteiger partial charge in [0.15, 0.2) is 5.82 Å². The van der Waals surface area contributed by atoms with Crippen molar-refractivity contribution < 1.29 is 13.9 Å². The molecular formula is C9H7BrFIO2. The molecule has 0 radical (unpaired) electrons. The number of hydrogen-bond acceptors (Lipinski definition) is 2. The summed E-state index contributed by atoms with van der Waals surface area (Å²) in [6.45, 7) is 1.92. The van der Waals surface area contributed by atoms with Gasteiger partial charge in [0.2, 0.25) is 0 Å². The molecule has 14 heavy (non-hydrogen) atoms. The maximum absolute atomic E-state index is 13.5. The molecule has 1 aromatic carbocycles. The summed E-state index contributed by atoms with van der Waals surface area (Å²) >= 11 is 5.00. The lowest BCUT2D eigenvalue weighted by molar-refractivity contribution is 0.0521. The van der Waals surface area contributed by atoms with Crippen molar-refractivity contribution in [1.82, 2.24) is 0 Å². The molecule has 0 heterocycles. The van der Waals surface area contributed by atoms with E-state index in [1.165, 1.54) is 6.07 Å². The van der Waals surface area contributed by atoms with Crippen molar-refractivity contribution >= 4 is 44.5 Å². The zero-order valence-corrected chi connectivity index (χ0v) is 11.1. The molecule has 0 saturated carbocycles. The van der Waals surface area contributed by atoms with Crippen molar-refractivity contribution in [2.75, 3.05) is 6.61 Å². The zero-order chi connectivity index (χ0) is 10.7. The first-order valence-corrected chi connectivity index (χ1v) is 5.75. The molecule has 0 spiro atoms. The van der Waals surface area contributed by atoms with Gasteiger partial charge < -0.3 is 4.74 Å². The summed E-state index contributed by atoms with van der Waals surface area (Å²) in [4.78, 5) is 11.2. The SMILES string of the molecule is CCOC(=O)c1ccc(Br)c(I)c1F. The van der Waals surface area contributed by atoms with Crippen LogP contribution in [0.2, 0.25) is 0 Å². The van der Waals surface area contributed by atoms with Crippen LogP contribution in [0, 0.1) is 9.39 Å². The lowest BCUT2D eigenvalue weighted by Crippen LogP contribution is -2.08. The highest BCUT2D eigenvalue weighted by atomic mass is 127. The molecule has 0 N–H and O–H groups in total. The Morgan fingerprint density at radius 2 is 2.29 bits per heavy atom. The molecule has 1 rings (SSSR count). The van der Waals surface area contributed by atoms with E-state index in [2.05, 4.69) is 15.9 Å². The Hall–Kier alpha value is -0.170. The highest BCUT2D eigenvalue weighted by molar-refractivity contribution is 14.1. The van der Waals surface area contributed by atoms with E-state index in [4.69, 9.17) is 4.74 Å². The Kier molecular flexibility index (Phi) is 4.31. The predicted molar refractivity (Wildman–Crippen MR) is 62.8 cm³/mol. The van der Waals surface area contributed by atoms with Gasteiger partial charge in [0.1, 0.15) is 0 Å². The number of carbonyl (C=O) groups is 1. The minimum atomic E-state index is -0.629. The maximum atomic E-state index is 13.5. The summed E-state index contributed by atoms with van der Waals surface area (Å²) in [5, 5.41) is 0. The van der Waals surface area contributed by atoms with Crippen molar-refractivity contribution in [3.63, 3.8) is 0 Å². The third-order valence-corrected chi connectivity index (χ3v) is 3.99.